The second-order valence-corrected chi connectivity index (χ2v) is 8.48. The molecule has 0 bridgehead atoms. The molecular formula is C17H29ClN2O2S. The van der Waals surface area contributed by atoms with E-state index in [-0.39, 0.29) is 12.4 Å². The first-order chi connectivity index (χ1) is 10.4. The maximum absolute atomic E-state index is 12.7. The zero-order chi connectivity index (χ0) is 16.2. The fourth-order valence-corrected chi connectivity index (χ4v) is 4.29. The molecule has 1 aromatic carbocycles. The molecule has 0 amide bonds. The van der Waals surface area contributed by atoms with Gasteiger partial charge in [-0.1, -0.05) is 26.0 Å². The predicted octanol–water partition coefficient (Wildman–Crippen LogP) is 3.07. The molecule has 1 aromatic rings. The van der Waals surface area contributed by atoms with Gasteiger partial charge in [-0.05, 0) is 56.3 Å². The first kappa shape index (κ1) is 20.4. The third kappa shape index (κ3) is 5.45. The quantitative estimate of drug-likeness (QED) is 0.848. The van der Waals surface area contributed by atoms with Crippen LogP contribution in [-0.4, -0.2) is 38.9 Å². The number of rotatable bonds is 6. The second-order valence-electron chi connectivity index (χ2n) is 6.54. The maximum Gasteiger partial charge on any atom is 0.243 e. The van der Waals surface area contributed by atoms with Crippen LogP contribution >= 0.6 is 12.4 Å². The summed E-state index contributed by atoms with van der Waals surface area (Å²) in [5.74, 6) is 0.664. The van der Waals surface area contributed by atoms with Crippen LogP contribution in [0.2, 0.25) is 0 Å². The fourth-order valence-electron chi connectivity index (χ4n) is 2.82. The van der Waals surface area contributed by atoms with Gasteiger partial charge in [-0.15, -0.1) is 12.4 Å². The van der Waals surface area contributed by atoms with Crippen molar-refractivity contribution in [2.75, 3.05) is 20.1 Å². The molecular weight excluding hydrogens is 332 g/mol. The molecule has 0 saturated carbocycles. The standard InChI is InChI=1S/C17H28N2O2S.ClH/c1-14(2)4-5-15-6-8-17(9-7-15)22(20,21)19-12-10-16(18-3)11-13-19;/h6-9,14,16,18H,4-5,10-13H2,1-3H3;1H. The van der Waals surface area contributed by atoms with Crippen molar-refractivity contribution >= 4 is 22.4 Å². The van der Waals surface area contributed by atoms with Crippen LogP contribution in [0.4, 0.5) is 0 Å². The SMILES string of the molecule is CNC1CCN(S(=O)(=O)c2ccc(CCC(C)C)cc2)CC1.Cl. The predicted molar refractivity (Wildman–Crippen MR) is 97.7 cm³/mol. The molecule has 0 radical (unpaired) electrons. The average Bonchev–Trinajstić information content (AvgIpc) is 2.53. The molecule has 4 nitrogen and oxygen atoms in total. The third-order valence-electron chi connectivity index (χ3n) is 4.43. The van der Waals surface area contributed by atoms with Crippen molar-refractivity contribution in [1.29, 1.82) is 0 Å². The Morgan fingerprint density at radius 1 is 1.17 bits per heavy atom. The lowest BCUT2D eigenvalue weighted by Crippen LogP contribution is -2.43. The number of aryl methyl sites for hydroxylation is 1. The van der Waals surface area contributed by atoms with Gasteiger partial charge in [0.2, 0.25) is 10.0 Å². The van der Waals surface area contributed by atoms with Crippen LogP contribution in [0.1, 0.15) is 38.7 Å². The highest BCUT2D eigenvalue weighted by molar-refractivity contribution is 7.89. The van der Waals surface area contributed by atoms with Crippen LogP contribution in [0.5, 0.6) is 0 Å². The zero-order valence-electron chi connectivity index (χ0n) is 14.3. The number of hydrogen-bond donors (Lipinski definition) is 1. The van der Waals surface area contributed by atoms with E-state index in [0.717, 1.165) is 25.7 Å². The number of nitrogens with one attached hydrogen (secondary N) is 1. The summed E-state index contributed by atoms with van der Waals surface area (Å²) in [7, 11) is -1.40. The fraction of sp³-hybridized carbons (Fsp3) is 0.647. The molecule has 1 fully saturated rings. The van der Waals surface area contributed by atoms with Crippen LogP contribution in [0.3, 0.4) is 0 Å². The van der Waals surface area contributed by atoms with E-state index in [9.17, 15) is 8.42 Å². The Bertz CT molecular complexity index is 565. The Hall–Kier alpha value is -0.620. The van der Waals surface area contributed by atoms with Crippen molar-refractivity contribution in [3.8, 4) is 0 Å². The van der Waals surface area contributed by atoms with Crippen molar-refractivity contribution in [3.63, 3.8) is 0 Å². The molecule has 1 aliphatic rings. The van der Waals surface area contributed by atoms with Crippen LogP contribution in [0.25, 0.3) is 0 Å². The summed E-state index contributed by atoms with van der Waals surface area (Å²) < 4.78 is 26.9. The van der Waals surface area contributed by atoms with Crippen molar-refractivity contribution in [1.82, 2.24) is 9.62 Å². The summed E-state index contributed by atoms with van der Waals surface area (Å²) >= 11 is 0. The van der Waals surface area contributed by atoms with Gasteiger partial charge in [0.05, 0.1) is 4.90 Å². The molecule has 1 heterocycles. The molecule has 23 heavy (non-hydrogen) atoms. The van der Waals surface area contributed by atoms with E-state index in [1.54, 1.807) is 16.4 Å². The third-order valence-corrected chi connectivity index (χ3v) is 6.35. The summed E-state index contributed by atoms with van der Waals surface area (Å²) in [6.07, 6.45) is 3.89. The summed E-state index contributed by atoms with van der Waals surface area (Å²) in [5.41, 5.74) is 1.21. The smallest absolute Gasteiger partial charge is 0.243 e. The van der Waals surface area contributed by atoms with Gasteiger partial charge in [0, 0.05) is 19.1 Å². The van der Waals surface area contributed by atoms with E-state index in [0.29, 0.717) is 29.9 Å². The minimum absolute atomic E-state index is 0. The Kier molecular flexibility index (Phi) is 8.01. The molecule has 2 rings (SSSR count). The molecule has 0 unspecified atom stereocenters. The molecule has 0 spiro atoms. The number of nitrogens with zero attached hydrogens (tertiary/aromatic N) is 1. The van der Waals surface area contributed by atoms with Crippen molar-refractivity contribution < 1.29 is 8.42 Å². The molecule has 0 aliphatic carbocycles. The second kappa shape index (κ2) is 9.02. The van der Waals surface area contributed by atoms with Gasteiger partial charge in [0.25, 0.3) is 0 Å². The highest BCUT2D eigenvalue weighted by Crippen LogP contribution is 2.21. The van der Waals surface area contributed by atoms with Gasteiger partial charge in [-0.3, -0.25) is 0 Å². The molecule has 0 atom stereocenters. The Morgan fingerprint density at radius 3 is 2.22 bits per heavy atom. The van der Waals surface area contributed by atoms with Gasteiger partial charge in [-0.25, -0.2) is 8.42 Å². The summed E-state index contributed by atoms with van der Waals surface area (Å²) in [4.78, 5) is 0.420. The molecule has 0 aromatic heterocycles. The summed E-state index contributed by atoms with van der Waals surface area (Å²) in [5, 5.41) is 3.22. The van der Waals surface area contributed by atoms with Gasteiger partial charge in [-0.2, -0.15) is 4.31 Å². The Morgan fingerprint density at radius 2 is 1.74 bits per heavy atom. The Balaban J connectivity index is 0.00000264. The number of halogens is 1. The molecule has 1 saturated heterocycles. The van der Waals surface area contributed by atoms with Crippen LogP contribution in [0.15, 0.2) is 29.2 Å². The normalized spacial score (nSPS) is 17.2. The lowest BCUT2D eigenvalue weighted by molar-refractivity contribution is 0.298. The number of hydrogen-bond acceptors (Lipinski definition) is 3. The van der Waals surface area contributed by atoms with Crippen LogP contribution < -0.4 is 5.32 Å². The van der Waals surface area contributed by atoms with Gasteiger partial charge in [0.1, 0.15) is 0 Å². The summed E-state index contributed by atoms with van der Waals surface area (Å²) in [6.45, 7) is 5.60. The monoisotopic (exact) mass is 360 g/mol. The van der Waals surface area contributed by atoms with Gasteiger partial charge in [0.15, 0.2) is 0 Å². The summed E-state index contributed by atoms with van der Waals surface area (Å²) in [6, 6.07) is 7.86. The Labute approximate surface area is 147 Å². The van der Waals surface area contributed by atoms with Gasteiger partial charge < -0.3 is 5.32 Å². The first-order valence-corrected chi connectivity index (χ1v) is 9.64. The van der Waals surface area contributed by atoms with Crippen molar-refractivity contribution in [2.45, 2.75) is 50.5 Å². The van der Waals surface area contributed by atoms with Crippen LogP contribution in [0, 0.1) is 5.92 Å². The highest BCUT2D eigenvalue weighted by atomic mass is 35.5. The molecule has 1 N–H and O–H groups in total. The molecule has 1 aliphatic heterocycles. The number of piperidine rings is 1. The molecule has 132 valence electrons. The van der Waals surface area contributed by atoms with E-state index in [1.165, 1.54) is 5.56 Å². The van der Waals surface area contributed by atoms with E-state index in [2.05, 4.69) is 19.2 Å². The van der Waals surface area contributed by atoms with Crippen molar-refractivity contribution in [3.05, 3.63) is 29.8 Å². The van der Waals surface area contributed by atoms with Gasteiger partial charge >= 0.3 is 0 Å². The highest BCUT2D eigenvalue weighted by Gasteiger charge is 2.28. The van der Waals surface area contributed by atoms with Crippen molar-refractivity contribution in [2.24, 2.45) is 5.92 Å². The average molecular weight is 361 g/mol. The van der Waals surface area contributed by atoms with E-state index in [1.807, 2.05) is 19.2 Å². The lowest BCUT2D eigenvalue weighted by Gasteiger charge is -2.31. The topological polar surface area (TPSA) is 49.4 Å². The molecule has 6 heteroatoms. The first-order valence-electron chi connectivity index (χ1n) is 8.20. The van der Waals surface area contributed by atoms with Crippen LogP contribution in [-0.2, 0) is 16.4 Å². The minimum Gasteiger partial charge on any atom is -0.317 e. The maximum atomic E-state index is 12.7. The largest absolute Gasteiger partial charge is 0.317 e. The van der Waals surface area contributed by atoms with E-state index in [4.69, 9.17) is 0 Å². The number of sulfonamides is 1. The minimum atomic E-state index is -3.34. The van der Waals surface area contributed by atoms with E-state index >= 15 is 0 Å². The number of benzene rings is 1. The lowest BCUT2D eigenvalue weighted by atomic mass is 10.0. The zero-order valence-corrected chi connectivity index (χ0v) is 15.9. The van der Waals surface area contributed by atoms with E-state index < -0.39 is 10.0 Å².